The largest absolute Gasteiger partial charge is 0.481 e. The standard InChI is InChI=1S/C16H21N3O5/c1-3-5-16(14(22)23)6-4-7-19(10-16)12(20)8-11-9-17-15(24)18(2)13(11)21/h3,9H,1,4-8,10H2,2H3,(H,17,24)(H,22,23). The molecule has 2 N–H and O–H groups in total. The highest BCUT2D eigenvalue weighted by molar-refractivity contribution is 5.81. The maximum Gasteiger partial charge on any atom is 0.328 e. The number of hydrogen-bond donors (Lipinski definition) is 2. The highest BCUT2D eigenvalue weighted by atomic mass is 16.4. The van der Waals surface area contributed by atoms with Gasteiger partial charge in [0.15, 0.2) is 0 Å². The van der Waals surface area contributed by atoms with Gasteiger partial charge in [0.2, 0.25) is 5.91 Å². The molecular formula is C16H21N3O5. The molecule has 24 heavy (non-hydrogen) atoms. The molecule has 1 amide bonds. The number of hydrogen-bond acceptors (Lipinski definition) is 4. The van der Waals surface area contributed by atoms with E-state index in [1.54, 1.807) is 6.08 Å². The molecule has 1 aromatic heterocycles. The fourth-order valence-electron chi connectivity index (χ4n) is 3.07. The number of rotatable bonds is 5. The van der Waals surface area contributed by atoms with Crippen LogP contribution in [-0.4, -0.2) is 44.5 Å². The van der Waals surface area contributed by atoms with Crippen LogP contribution in [0.5, 0.6) is 0 Å². The van der Waals surface area contributed by atoms with Crippen LogP contribution in [-0.2, 0) is 23.1 Å². The third-order valence-electron chi connectivity index (χ3n) is 4.51. The Hall–Kier alpha value is -2.64. The molecule has 0 aliphatic carbocycles. The lowest BCUT2D eigenvalue weighted by molar-refractivity contribution is -0.154. The predicted octanol–water partition coefficient (Wildman–Crippen LogP) is -0.114. The fraction of sp³-hybridized carbons (Fsp3) is 0.500. The van der Waals surface area contributed by atoms with Crippen LogP contribution in [0.25, 0.3) is 0 Å². The van der Waals surface area contributed by atoms with Crippen molar-refractivity contribution < 1.29 is 14.7 Å². The van der Waals surface area contributed by atoms with Crippen LogP contribution in [0.1, 0.15) is 24.8 Å². The van der Waals surface area contributed by atoms with Crippen molar-refractivity contribution in [2.75, 3.05) is 13.1 Å². The quantitative estimate of drug-likeness (QED) is 0.729. The maximum atomic E-state index is 12.5. The second-order valence-corrected chi connectivity index (χ2v) is 6.16. The Morgan fingerprint density at radius 2 is 2.17 bits per heavy atom. The Bertz CT molecular complexity index is 779. The predicted molar refractivity (Wildman–Crippen MR) is 86.7 cm³/mol. The number of aromatic amines is 1. The number of carbonyl (C=O) groups excluding carboxylic acids is 1. The number of H-pyrrole nitrogens is 1. The SMILES string of the molecule is C=CCC1(C(=O)O)CCCN(C(=O)Cc2c[nH]c(=O)n(C)c2=O)C1. The summed E-state index contributed by atoms with van der Waals surface area (Å²) >= 11 is 0. The summed E-state index contributed by atoms with van der Waals surface area (Å²) < 4.78 is 0.901. The molecule has 0 bridgehead atoms. The molecule has 1 fully saturated rings. The van der Waals surface area contributed by atoms with Crippen LogP contribution in [0.3, 0.4) is 0 Å². The number of piperidine rings is 1. The van der Waals surface area contributed by atoms with Crippen molar-refractivity contribution >= 4 is 11.9 Å². The minimum Gasteiger partial charge on any atom is -0.481 e. The Morgan fingerprint density at radius 1 is 1.46 bits per heavy atom. The first-order chi connectivity index (χ1) is 11.3. The zero-order valence-electron chi connectivity index (χ0n) is 13.6. The molecule has 0 spiro atoms. The minimum absolute atomic E-state index is 0.0941. The van der Waals surface area contributed by atoms with E-state index < -0.39 is 22.6 Å². The van der Waals surface area contributed by atoms with E-state index in [4.69, 9.17) is 0 Å². The number of nitrogens with zero attached hydrogens (tertiary/aromatic N) is 2. The lowest BCUT2D eigenvalue weighted by atomic mass is 9.77. The summed E-state index contributed by atoms with van der Waals surface area (Å²) in [4.78, 5) is 51.4. The van der Waals surface area contributed by atoms with Crippen molar-refractivity contribution in [3.8, 4) is 0 Å². The summed E-state index contributed by atoms with van der Waals surface area (Å²) in [6, 6.07) is 0. The molecule has 1 unspecified atom stereocenters. The second kappa shape index (κ2) is 6.86. The zero-order valence-corrected chi connectivity index (χ0v) is 13.6. The van der Waals surface area contributed by atoms with Crippen LogP contribution in [0.4, 0.5) is 0 Å². The average molecular weight is 335 g/mol. The summed E-state index contributed by atoms with van der Waals surface area (Å²) in [7, 11) is 1.33. The Morgan fingerprint density at radius 3 is 2.79 bits per heavy atom. The van der Waals surface area contributed by atoms with Gasteiger partial charge in [0, 0.05) is 31.9 Å². The molecule has 0 aromatic carbocycles. The molecular weight excluding hydrogens is 314 g/mol. The van der Waals surface area contributed by atoms with Gasteiger partial charge in [0.25, 0.3) is 5.56 Å². The summed E-state index contributed by atoms with van der Waals surface area (Å²) in [5, 5.41) is 9.54. The van der Waals surface area contributed by atoms with E-state index in [0.717, 1.165) is 4.57 Å². The molecule has 0 radical (unpaired) electrons. The van der Waals surface area contributed by atoms with Crippen molar-refractivity contribution in [1.29, 1.82) is 0 Å². The first kappa shape index (κ1) is 17.7. The highest BCUT2D eigenvalue weighted by Gasteiger charge is 2.42. The molecule has 1 aromatic rings. The number of aromatic nitrogens is 2. The van der Waals surface area contributed by atoms with E-state index in [0.29, 0.717) is 19.4 Å². The smallest absolute Gasteiger partial charge is 0.328 e. The normalized spacial score (nSPS) is 20.6. The lowest BCUT2D eigenvalue weighted by Crippen LogP contribution is -2.50. The Kier molecular flexibility index (Phi) is 5.06. The molecule has 8 heteroatoms. The first-order valence-electron chi connectivity index (χ1n) is 7.70. The molecule has 1 atom stereocenters. The molecule has 1 saturated heterocycles. The molecule has 130 valence electrons. The van der Waals surface area contributed by atoms with Crippen LogP contribution < -0.4 is 11.2 Å². The van der Waals surface area contributed by atoms with E-state index in [9.17, 15) is 24.3 Å². The van der Waals surface area contributed by atoms with Gasteiger partial charge in [0.05, 0.1) is 11.8 Å². The molecule has 2 rings (SSSR count). The Labute approximate surface area is 138 Å². The molecule has 8 nitrogen and oxygen atoms in total. The number of amides is 1. The van der Waals surface area contributed by atoms with Crippen molar-refractivity contribution in [2.45, 2.75) is 25.7 Å². The van der Waals surface area contributed by atoms with Gasteiger partial charge in [-0.15, -0.1) is 6.58 Å². The van der Waals surface area contributed by atoms with Crippen LogP contribution >= 0.6 is 0 Å². The number of carboxylic acids is 1. The van der Waals surface area contributed by atoms with Crippen molar-refractivity contribution in [3.05, 3.63) is 45.3 Å². The van der Waals surface area contributed by atoms with E-state index in [1.165, 1.54) is 18.1 Å². The van der Waals surface area contributed by atoms with Gasteiger partial charge >= 0.3 is 11.7 Å². The monoisotopic (exact) mass is 335 g/mol. The molecule has 1 aliphatic rings. The van der Waals surface area contributed by atoms with Gasteiger partial charge < -0.3 is 15.0 Å². The lowest BCUT2D eigenvalue weighted by Gasteiger charge is -2.39. The first-order valence-corrected chi connectivity index (χ1v) is 7.70. The highest BCUT2D eigenvalue weighted by Crippen LogP contribution is 2.34. The molecule has 0 saturated carbocycles. The zero-order chi connectivity index (χ0) is 17.9. The van der Waals surface area contributed by atoms with E-state index >= 15 is 0 Å². The third kappa shape index (κ3) is 3.32. The van der Waals surface area contributed by atoms with Gasteiger partial charge in [-0.3, -0.25) is 19.0 Å². The van der Waals surface area contributed by atoms with Crippen molar-refractivity contribution in [1.82, 2.24) is 14.5 Å². The summed E-state index contributed by atoms with van der Waals surface area (Å²) in [6.07, 6.45) is 3.97. The summed E-state index contributed by atoms with van der Waals surface area (Å²) in [6.45, 7) is 4.15. The number of allylic oxidation sites excluding steroid dienone is 1. The second-order valence-electron chi connectivity index (χ2n) is 6.16. The van der Waals surface area contributed by atoms with Crippen LogP contribution in [0.2, 0.25) is 0 Å². The van der Waals surface area contributed by atoms with Gasteiger partial charge in [-0.25, -0.2) is 4.79 Å². The van der Waals surface area contributed by atoms with Crippen molar-refractivity contribution in [2.24, 2.45) is 12.5 Å². The minimum atomic E-state index is -1.02. The maximum absolute atomic E-state index is 12.5. The van der Waals surface area contributed by atoms with Gasteiger partial charge in [-0.2, -0.15) is 0 Å². The topological polar surface area (TPSA) is 112 Å². The number of nitrogens with one attached hydrogen (secondary N) is 1. The number of likely N-dealkylation sites (tertiary alicyclic amines) is 1. The van der Waals surface area contributed by atoms with Crippen LogP contribution in [0, 0.1) is 5.41 Å². The number of carboxylic acid groups (broad SMARTS) is 1. The molecule has 2 heterocycles. The van der Waals surface area contributed by atoms with E-state index in [1.807, 2.05) is 0 Å². The van der Waals surface area contributed by atoms with Gasteiger partial charge in [-0.05, 0) is 19.3 Å². The molecule has 1 aliphatic heterocycles. The van der Waals surface area contributed by atoms with E-state index in [-0.39, 0.29) is 30.9 Å². The number of aliphatic carboxylic acids is 1. The average Bonchev–Trinajstić information content (AvgIpc) is 2.55. The summed E-state index contributed by atoms with van der Waals surface area (Å²) in [5.41, 5.74) is -1.92. The van der Waals surface area contributed by atoms with Crippen molar-refractivity contribution in [3.63, 3.8) is 0 Å². The summed E-state index contributed by atoms with van der Waals surface area (Å²) in [5.74, 6) is -1.27. The Balaban J connectivity index is 2.19. The third-order valence-corrected chi connectivity index (χ3v) is 4.51. The van der Waals surface area contributed by atoms with Gasteiger partial charge in [0.1, 0.15) is 0 Å². The van der Waals surface area contributed by atoms with Gasteiger partial charge in [-0.1, -0.05) is 6.08 Å². The van der Waals surface area contributed by atoms with E-state index in [2.05, 4.69) is 11.6 Å². The number of carbonyl (C=O) groups is 2. The fourth-order valence-corrected chi connectivity index (χ4v) is 3.07. The van der Waals surface area contributed by atoms with Crippen LogP contribution in [0.15, 0.2) is 28.4 Å².